The number of hydrogen-bond donors (Lipinski definition) is 1. The van der Waals surface area contributed by atoms with E-state index in [4.69, 9.17) is 17.3 Å². The van der Waals surface area contributed by atoms with Crippen molar-refractivity contribution in [1.82, 2.24) is 4.90 Å². The second kappa shape index (κ2) is 7.29. The first kappa shape index (κ1) is 20.2. The minimum absolute atomic E-state index is 0.0994. The van der Waals surface area contributed by atoms with Crippen LogP contribution >= 0.6 is 11.6 Å². The highest BCUT2D eigenvalue weighted by atomic mass is 35.5. The summed E-state index contributed by atoms with van der Waals surface area (Å²) in [7, 11) is 0. The van der Waals surface area contributed by atoms with Crippen molar-refractivity contribution in [3.05, 3.63) is 58.6 Å². The maximum absolute atomic E-state index is 15.2. The normalized spacial score (nSPS) is 23.4. The summed E-state index contributed by atoms with van der Waals surface area (Å²) in [5, 5.41) is 0.114. The van der Waals surface area contributed by atoms with Gasteiger partial charge in [0.2, 0.25) is 5.91 Å². The molecule has 0 bridgehead atoms. The summed E-state index contributed by atoms with van der Waals surface area (Å²) in [5.74, 6) is -5.12. The van der Waals surface area contributed by atoms with Crippen molar-refractivity contribution in [2.75, 3.05) is 6.54 Å². The molecule has 3 nitrogen and oxygen atoms in total. The average molecular weight is 427 g/mol. The maximum Gasteiger partial charge on any atom is 0.282 e. The molecule has 2 aliphatic rings. The van der Waals surface area contributed by atoms with E-state index in [2.05, 4.69) is 0 Å². The van der Waals surface area contributed by atoms with E-state index < -0.39 is 36.2 Å². The van der Waals surface area contributed by atoms with Gasteiger partial charge in [0.05, 0.1) is 18.6 Å². The molecule has 29 heavy (non-hydrogen) atoms. The van der Waals surface area contributed by atoms with Crippen LogP contribution in [-0.4, -0.2) is 35.4 Å². The van der Waals surface area contributed by atoms with E-state index in [1.807, 2.05) is 0 Å². The van der Waals surface area contributed by atoms with Gasteiger partial charge in [0, 0.05) is 16.5 Å². The molecule has 8 heteroatoms. The van der Waals surface area contributed by atoms with Crippen LogP contribution in [0.1, 0.15) is 18.4 Å². The first-order valence-electron chi connectivity index (χ1n) is 9.35. The number of carbonyl (C=O) groups excluding carboxylic acids is 1. The summed E-state index contributed by atoms with van der Waals surface area (Å²) >= 11 is 5.86. The monoisotopic (exact) mass is 426 g/mol. The second-order valence-electron chi connectivity index (χ2n) is 7.74. The molecule has 4 rings (SSSR count). The van der Waals surface area contributed by atoms with Crippen LogP contribution in [0.25, 0.3) is 11.1 Å². The molecule has 1 aliphatic carbocycles. The number of carbonyl (C=O) groups is 1. The topological polar surface area (TPSA) is 46.3 Å². The summed E-state index contributed by atoms with van der Waals surface area (Å²) < 4.78 is 57.4. The summed E-state index contributed by atoms with van der Waals surface area (Å²) in [5.41, 5.74) is 6.23. The minimum atomic E-state index is -3.24. The highest BCUT2D eigenvalue weighted by Crippen LogP contribution is 2.39. The Labute approximate surface area is 170 Å². The molecule has 2 N–H and O–H groups in total. The van der Waals surface area contributed by atoms with Crippen molar-refractivity contribution in [2.24, 2.45) is 11.7 Å². The van der Waals surface area contributed by atoms with Crippen LogP contribution in [-0.2, 0) is 11.2 Å². The van der Waals surface area contributed by atoms with E-state index >= 15 is 4.39 Å². The molecule has 2 atom stereocenters. The van der Waals surface area contributed by atoms with Crippen molar-refractivity contribution in [3.8, 4) is 11.1 Å². The van der Waals surface area contributed by atoms with Gasteiger partial charge in [0.15, 0.2) is 0 Å². The molecular formula is C21H19ClF4N2O. The number of nitrogens with two attached hydrogens (primary N) is 1. The van der Waals surface area contributed by atoms with Crippen LogP contribution in [0.5, 0.6) is 0 Å². The molecule has 0 aromatic heterocycles. The van der Waals surface area contributed by atoms with E-state index in [1.54, 1.807) is 6.07 Å². The maximum atomic E-state index is 15.2. The van der Waals surface area contributed by atoms with Crippen molar-refractivity contribution < 1.29 is 22.4 Å². The zero-order chi connectivity index (χ0) is 20.9. The number of likely N-dealkylation sites (tertiary alicyclic amines) is 1. The largest absolute Gasteiger partial charge is 0.331 e. The van der Waals surface area contributed by atoms with Crippen molar-refractivity contribution in [1.29, 1.82) is 0 Å². The van der Waals surface area contributed by atoms with Gasteiger partial charge in [0.1, 0.15) is 11.6 Å². The van der Waals surface area contributed by atoms with Crippen LogP contribution in [0.4, 0.5) is 17.6 Å². The number of benzene rings is 2. The lowest BCUT2D eigenvalue weighted by molar-refractivity contribution is -0.134. The lowest BCUT2D eigenvalue weighted by Crippen LogP contribution is -2.47. The number of nitrogens with zero attached hydrogens (tertiary/aromatic N) is 1. The third-order valence-electron chi connectivity index (χ3n) is 5.57. The predicted octanol–water partition coefficient (Wildman–Crippen LogP) is 4.41. The Morgan fingerprint density at radius 3 is 2.59 bits per heavy atom. The van der Waals surface area contributed by atoms with Crippen molar-refractivity contribution in [3.63, 3.8) is 0 Å². The molecule has 2 fully saturated rings. The standard InChI is InChI=1S/C21H19ClF4N2O/c22-14-6-13(7-15(23)9-14)16-3-1-2-12(18(16)24)8-17-19(27)21(25,26)10-28(17)20(29)11-4-5-11/h1-3,6-7,9,11,17,19H,4-5,8,10,27H2/t17-,19+/m0/s1. The quantitative estimate of drug-likeness (QED) is 0.736. The van der Waals surface area contributed by atoms with E-state index in [0.717, 1.165) is 17.0 Å². The molecule has 2 aromatic carbocycles. The highest BCUT2D eigenvalue weighted by Gasteiger charge is 2.55. The minimum Gasteiger partial charge on any atom is -0.331 e. The van der Waals surface area contributed by atoms with Gasteiger partial charge < -0.3 is 10.6 Å². The van der Waals surface area contributed by atoms with Crippen molar-refractivity contribution in [2.45, 2.75) is 37.3 Å². The van der Waals surface area contributed by atoms with Gasteiger partial charge in [-0.3, -0.25) is 4.79 Å². The molecule has 154 valence electrons. The molecule has 1 saturated carbocycles. The second-order valence-corrected chi connectivity index (χ2v) is 8.17. The third kappa shape index (κ3) is 3.85. The highest BCUT2D eigenvalue weighted by molar-refractivity contribution is 6.30. The number of halogens is 5. The van der Waals surface area contributed by atoms with E-state index in [-0.39, 0.29) is 40.0 Å². The number of hydrogen-bond acceptors (Lipinski definition) is 2. The molecular weight excluding hydrogens is 408 g/mol. The first-order valence-corrected chi connectivity index (χ1v) is 9.73. The third-order valence-corrected chi connectivity index (χ3v) is 5.79. The van der Waals surface area contributed by atoms with Crippen LogP contribution in [0.15, 0.2) is 36.4 Å². The molecule has 1 saturated heterocycles. The van der Waals surface area contributed by atoms with Crippen LogP contribution < -0.4 is 5.73 Å². The van der Waals surface area contributed by atoms with Crippen molar-refractivity contribution >= 4 is 17.5 Å². The van der Waals surface area contributed by atoms with E-state index in [1.165, 1.54) is 18.2 Å². The SMILES string of the molecule is N[C@@H]1[C@H](Cc2cccc(-c3cc(F)cc(Cl)c3)c2F)N(C(=O)C2CC2)CC1(F)F. The lowest BCUT2D eigenvalue weighted by Gasteiger charge is -2.26. The molecule has 0 spiro atoms. The fourth-order valence-corrected chi connectivity index (χ4v) is 4.09. The Kier molecular flexibility index (Phi) is 5.07. The Hall–Kier alpha value is -2.12. The molecule has 1 heterocycles. The Morgan fingerprint density at radius 2 is 1.93 bits per heavy atom. The summed E-state index contributed by atoms with van der Waals surface area (Å²) in [4.78, 5) is 13.6. The Morgan fingerprint density at radius 1 is 1.21 bits per heavy atom. The fraction of sp³-hybridized carbons (Fsp3) is 0.381. The van der Waals surface area contributed by atoms with Crippen LogP contribution in [0.2, 0.25) is 5.02 Å². The Balaban J connectivity index is 1.67. The molecule has 0 unspecified atom stereocenters. The van der Waals surface area contributed by atoms with Gasteiger partial charge in [-0.15, -0.1) is 0 Å². The number of rotatable bonds is 4. The Bertz CT molecular complexity index is 943. The van der Waals surface area contributed by atoms with E-state index in [0.29, 0.717) is 12.8 Å². The van der Waals surface area contributed by atoms with Gasteiger partial charge in [-0.05, 0) is 48.6 Å². The molecule has 1 aliphatic heterocycles. The van der Waals surface area contributed by atoms with Gasteiger partial charge in [-0.2, -0.15) is 0 Å². The average Bonchev–Trinajstić information content (AvgIpc) is 3.46. The van der Waals surface area contributed by atoms with Gasteiger partial charge >= 0.3 is 0 Å². The summed E-state index contributed by atoms with van der Waals surface area (Å²) in [6.07, 6.45) is 1.19. The van der Waals surface area contributed by atoms with Gasteiger partial charge in [-0.1, -0.05) is 29.8 Å². The van der Waals surface area contributed by atoms with Gasteiger partial charge in [0.25, 0.3) is 5.92 Å². The summed E-state index contributed by atoms with van der Waals surface area (Å²) in [6.45, 7) is -0.755. The summed E-state index contributed by atoms with van der Waals surface area (Å²) in [6, 6.07) is 5.54. The zero-order valence-corrected chi connectivity index (χ0v) is 16.1. The van der Waals surface area contributed by atoms with Crippen LogP contribution in [0, 0.1) is 17.6 Å². The predicted molar refractivity (Wildman–Crippen MR) is 102 cm³/mol. The smallest absolute Gasteiger partial charge is 0.282 e. The zero-order valence-electron chi connectivity index (χ0n) is 15.3. The number of alkyl halides is 2. The van der Waals surface area contributed by atoms with Crippen LogP contribution in [0.3, 0.4) is 0 Å². The molecule has 2 aromatic rings. The fourth-order valence-electron chi connectivity index (χ4n) is 3.86. The van der Waals surface area contributed by atoms with Gasteiger partial charge in [-0.25, -0.2) is 17.6 Å². The molecule has 1 amide bonds. The number of amides is 1. The lowest BCUT2D eigenvalue weighted by atomic mass is 9.95. The van der Waals surface area contributed by atoms with E-state index in [9.17, 15) is 18.0 Å². The first-order chi connectivity index (χ1) is 13.7. The molecule has 0 radical (unpaired) electrons.